The third kappa shape index (κ3) is 4.61. The van der Waals surface area contributed by atoms with Crippen molar-refractivity contribution in [2.75, 3.05) is 23.8 Å². The Bertz CT molecular complexity index is 808. The normalized spacial score (nSPS) is 16.9. The van der Waals surface area contributed by atoms with Crippen LogP contribution in [0, 0.1) is 10.1 Å². The van der Waals surface area contributed by atoms with E-state index in [4.69, 9.17) is 4.74 Å². The zero-order valence-corrected chi connectivity index (χ0v) is 14.0. The lowest BCUT2D eigenvalue weighted by Gasteiger charge is -2.13. The number of nitrogens with zero attached hydrogens (tertiary/aromatic N) is 3. The summed E-state index contributed by atoms with van der Waals surface area (Å²) in [7, 11) is 0. The van der Waals surface area contributed by atoms with E-state index in [1.165, 1.54) is 12.1 Å². The van der Waals surface area contributed by atoms with E-state index in [9.17, 15) is 23.3 Å². The number of nitrogens with one attached hydrogen (secondary N) is 2. The monoisotopic (exact) mass is 383 g/mol. The molecule has 2 aromatic rings. The highest BCUT2D eigenvalue weighted by Gasteiger charge is 2.30. The average Bonchev–Trinajstić information content (AvgIpc) is 3.13. The van der Waals surface area contributed by atoms with Gasteiger partial charge < -0.3 is 15.4 Å². The van der Waals surface area contributed by atoms with Crippen molar-refractivity contribution in [3.05, 3.63) is 46.3 Å². The molecule has 144 valence electrons. The molecule has 0 saturated carbocycles. The Balaban J connectivity index is 1.80. The minimum atomic E-state index is -4.46. The molecule has 1 aliphatic heterocycles. The molecule has 1 fully saturated rings. The lowest BCUT2D eigenvalue weighted by molar-refractivity contribution is -0.383. The number of rotatable bonds is 6. The first kappa shape index (κ1) is 18.8. The molecule has 0 aliphatic carbocycles. The Morgan fingerprint density at radius 3 is 2.52 bits per heavy atom. The van der Waals surface area contributed by atoms with Gasteiger partial charge in [0.1, 0.15) is 6.33 Å². The SMILES string of the molecule is O=[N+]([O-])c1c(NCC2CCCO2)ncnc1Nc1ccc(C(F)(F)F)cc1. The molecule has 1 unspecified atom stereocenters. The average molecular weight is 383 g/mol. The predicted molar refractivity (Wildman–Crippen MR) is 90.9 cm³/mol. The van der Waals surface area contributed by atoms with E-state index in [1.807, 2.05) is 0 Å². The van der Waals surface area contributed by atoms with Crippen LogP contribution in [0.4, 0.5) is 36.2 Å². The lowest BCUT2D eigenvalue weighted by atomic mass is 10.2. The minimum Gasteiger partial charge on any atom is -0.376 e. The summed E-state index contributed by atoms with van der Waals surface area (Å²) in [5.41, 5.74) is -0.977. The summed E-state index contributed by atoms with van der Waals surface area (Å²) >= 11 is 0. The third-order valence-corrected chi connectivity index (χ3v) is 4.00. The number of anilines is 3. The quantitative estimate of drug-likeness (QED) is 0.579. The van der Waals surface area contributed by atoms with Crippen LogP contribution in [0.5, 0.6) is 0 Å². The molecule has 1 aliphatic rings. The van der Waals surface area contributed by atoms with Gasteiger partial charge >= 0.3 is 11.9 Å². The molecule has 8 nitrogen and oxygen atoms in total. The second kappa shape index (κ2) is 7.74. The molecule has 1 saturated heterocycles. The molecule has 1 aromatic carbocycles. The zero-order chi connectivity index (χ0) is 19.4. The standard InChI is InChI=1S/C16H16F3N5O3/c17-16(18,19)10-3-5-11(6-4-10)23-15-13(24(25)26)14(21-9-22-15)20-8-12-2-1-7-27-12/h3-6,9,12H,1-2,7-8H2,(H2,20,21,22,23). The molecule has 11 heteroatoms. The van der Waals surface area contributed by atoms with Crippen LogP contribution >= 0.6 is 0 Å². The molecule has 1 aromatic heterocycles. The van der Waals surface area contributed by atoms with Crippen LogP contribution in [0.3, 0.4) is 0 Å². The highest BCUT2D eigenvalue weighted by molar-refractivity contribution is 5.73. The van der Waals surface area contributed by atoms with Crippen LogP contribution in [0.15, 0.2) is 30.6 Å². The van der Waals surface area contributed by atoms with Gasteiger partial charge in [-0.1, -0.05) is 0 Å². The van der Waals surface area contributed by atoms with Crippen LogP contribution in [0.25, 0.3) is 0 Å². The number of benzene rings is 1. The van der Waals surface area contributed by atoms with E-state index >= 15 is 0 Å². The summed E-state index contributed by atoms with van der Waals surface area (Å²) in [4.78, 5) is 18.6. The number of halogens is 3. The van der Waals surface area contributed by atoms with Gasteiger partial charge in [0, 0.05) is 18.8 Å². The third-order valence-electron chi connectivity index (χ3n) is 4.00. The molecular formula is C16H16F3N5O3. The van der Waals surface area contributed by atoms with Gasteiger partial charge in [-0.2, -0.15) is 13.2 Å². The van der Waals surface area contributed by atoms with Crippen molar-refractivity contribution >= 4 is 23.0 Å². The topological polar surface area (TPSA) is 102 Å². The number of alkyl halides is 3. The Morgan fingerprint density at radius 2 is 1.93 bits per heavy atom. The van der Waals surface area contributed by atoms with Gasteiger partial charge in [0.15, 0.2) is 0 Å². The Morgan fingerprint density at radius 1 is 1.22 bits per heavy atom. The molecule has 2 N–H and O–H groups in total. The van der Waals surface area contributed by atoms with Crippen molar-refractivity contribution in [3.8, 4) is 0 Å². The zero-order valence-electron chi connectivity index (χ0n) is 14.0. The van der Waals surface area contributed by atoms with Crippen molar-refractivity contribution in [1.29, 1.82) is 0 Å². The summed E-state index contributed by atoms with van der Waals surface area (Å²) < 4.78 is 43.4. The van der Waals surface area contributed by atoms with Crippen LogP contribution in [0.1, 0.15) is 18.4 Å². The maximum Gasteiger partial charge on any atom is 0.416 e. The molecular weight excluding hydrogens is 367 g/mol. The summed E-state index contributed by atoms with van der Waals surface area (Å²) in [6.07, 6.45) is -1.59. The highest BCUT2D eigenvalue weighted by Crippen LogP contribution is 2.33. The Kier molecular flexibility index (Phi) is 5.40. The highest BCUT2D eigenvalue weighted by atomic mass is 19.4. The van der Waals surface area contributed by atoms with Crippen molar-refractivity contribution in [1.82, 2.24) is 9.97 Å². The Labute approximate surface area is 151 Å². The van der Waals surface area contributed by atoms with E-state index in [2.05, 4.69) is 20.6 Å². The van der Waals surface area contributed by atoms with Gasteiger partial charge in [-0.05, 0) is 37.1 Å². The van der Waals surface area contributed by atoms with E-state index in [0.29, 0.717) is 13.2 Å². The fourth-order valence-electron chi connectivity index (χ4n) is 2.67. The largest absolute Gasteiger partial charge is 0.416 e. The fraction of sp³-hybridized carbons (Fsp3) is 0.375. The smallest absolute Gasteiger partial charge is 0.376 e. The van der Waals surface area contributed by atoms with E-state index in [1.54, 1.807) is 0 Å². The summed E-state index contributed by atoms with van der Waals surface area (Å²) in [5, 5.41) is 17.0. The van der Waals surface area contributed by atoms with Crippen molar-refractivity contribution in [3.63, 3.8) is 0 Å². The summed E-state index contributed by atoms with van der Waals surface area (Å²) in [6, 6.07) is 4.11. The second-order valence-electron chi connectivity index (χ2n) is 5.89. The molecule has 3 rings (SSSR count). The maximum atomic E-state index is 12.6. The molecule has 0 bridgehead atoms. The molecule has 2 heterocycles. The van der Waals surface area contributed by atoms with Crippen LogP contribution in [-0.2, 0) is 10.9 Å². The van der Waals surface area contributed by atoms with Gasteiger partial charge in [-0.3, -0.25) is 10.1 Å². The first-order chi connectivity index (χ1) is 12.8. The van der Waals surface area contributed by atoms with Crippen molar-refractivity contribution in [2.24, 2.45) is 0 Å². The molecule has 0 amide bonds. The van der Waals surface area contributed by atoms with Gasteiger partial charge in [-0.25, -0.2) is 9.97 Å². The van der Waals surface area contributed by atoms with E-state index < -0.39 is 22.4 Å². The van der Waals surface area contributed by atoms with E-state index in [0.717, 1.165) is 31.3 Å². The minimum absolute atomic E-state index is 0.0138. The molecule has 1 atom stereocenters. The molecule has 0 radical (unpaired) electrons. The Hall–Kier alpha value is -2.95. The predicted octanol–water partition coefficient (Wildman–Crippen LogP) is 3.74. The van der Waals surface area contributed by atoms with Gasteiger partial charge in [-0.15, -0.1) is 0 Å². The summed E-state index contributed by atoms with van der Waals surface area (Å²) in [5.74, 6) is -0.107. The number of hydrogen-bond acceptors (Lipinski definition) is 7. The number of aromatic nitrogens is 2. The van der Waals surface area contributed by atoms with Gasteiger partial charge in [0.2, 0.25) is 11.6 Å². The second-order valence-corrected chi connectivity index (χ2v) is 5.89. The van der Waals surface area contributed by atoms with Crippen molar-refractivity contribution < 1.29 is 22.8 Å². The molecule has 27 heavy (non-hydrogen) atoms. The number of ether oxygens (including phenoxy) is 1. The van der Waals surface area contributed by atoms with Crippen LogP contribution < -0.4 is 10.6 Å². The van der Waals surface area contributed by atoms with Gasteiger partial charge in [0.25, 0.3) is 0 Å². The molecule has 0 spiro atoms. The first-order valence-electron chi connectivity index (χ1n) is 8.14. The van der Waals surface area contributed by atoms with Crippen LogP contribution in [-0.4, -0.2) is 34.1 Å². The van der Waals surface area contributed by atoms with Crippen LogP contribution in [0.2, 0.25) is 0 Å². The van der Waals surface area contributed by atoms with E-state index in [-0.39, 0.29) is 23.4 Å². The lowest BCUT2D eigenvalue weighted by Crippen LogP contribution is -2.20. The maximum absolute atomic E-state index is 12.6. The first-order valence-corrected chi connectivity index (χ1v) is 8.14. The number of hydrogen-bond donors (Lipinski definition) is 2. The fourth-order valence-corrected chi connectivity index (χ4v) is 2.67. The number of nitro groups is 1. The summed E-state index contributed by atoms with van der Waals surface area (Å²) in [6.45, 7) is 1.01. The van der Waals surface area contributed by atoms with Gasteiger partial charge in [0.05, 0.1) is 16.6 Å². The van der Waals surface area contributed by atoms with Crippen molar-refractivity contribution in [2.45, 2.75) is 25.1 Å².